The van der Waals surface area contributed by atoms with E-state index >= 15 is 0 Å². The SMILES string of the molecule is C=C/C=C(\C=C)N(C)c1cccc(C)c1. The van der Waals surface area contributed by atoms with Crippen LogP contribution < -0.4 is 4.90 Å². The molecule has 0 bridgehead atoms. The van der Waals surface area contributed by atoms with Crippen LogP contribution in [0.2, 0.25) is 0 Å². The predicted molar refractivity (Wildman–Crippen MR) is 68.1 cm³/mol. The Morgan fingerprint density at radius 2 is 2.07 bits per heavy atom. The molecule has 0 aliphatic heterocycles. The molecule has 0 amide bonds. The minimum atomic E-state index is 1.04. The number of hydrogen-bond acceptors (Lipinski definition) is 1. The summed E-state index contributed by atoms with van der Waals surface area (Å²) in [7, 11) is 2.02. The highest BCUT2D eigenvalue weighted by Crippen LogP contribution is 2.18. The summed E-state index contributed by atoms with van der Waals surface area (Å²) in [5.41, 5.74) is 3.44. The van der Waals surface area contributed by atoms with E-state index in [-0.39, 0.29) is 0 Å². The van der Waals surface area contributed by atoms with Crippen molar-refractivity contribution in [3.63, 3.8) is 0 Å². The second kappa shape index (κ2) is 5.20. The van der Waals surface area contributed by atoms with Gasteiger partial charge in [0, 0.05) is 18.4 Å². The Kier molecular flexibility index (Phi) is 3.92. The van der Waals surface area contributed by atoms with Crippen LogP contribution in [0, 0.1) is 6.92 Å². The molecule has 0 atom stereocenters. The summed E-state index contributed by atoms with van der Waals surface area (Å²) >= 11 is 0. The van der Waals surface area contributed by atoms with Gasteiger partial charge in [-0.3, -0.25) is 0 Å². The lowest BCUT2D eigenvalue weighted by Gasteiger charge is -2.20. The Morgan fingerprint density at radius 1 is 1.33 bits per heavy atom. The normalized spacial score (nSPS) is 10.9. The molecule has 15 heavy (non-hydrogen) atoms. The molecule has 0 fully saturated rings. The van der Waals surface area contributed by atoms with Gasteiger partial charge in [-0.25, -0.2) is 0 Å². The number of aryl methyl sites for hydroxylation is 1. The van der Waals surface area contributed by atoms with Crippen molar-refractivity contribution < 1.29 is 0 Å². The van der Waals surface area contributed by atoms with Crippen LogP contribution in [0.3, 0.4) is 0 Å². The van der Waals surface area contributed by atoms with Crippen molar-refractivity contribution in [2.75, 3.05) is 11.9 Å². The van der Waals surface area contributed by atoms with Gasteiger partial charge in [-0.15, -0.1) is 0 Å². The van der Waals surface area contributed by atoms with Crippen LogP contribution in [0.5, 0.6) is 0 Å². The monoisotopic (exact) mass is 199 g/mol. The molecule has 1 rings (SSSR count). The fraction of sp³-hybridized carbons (Fsp3) is 0.143. The maximum Gasteiger partial charge on any atom is 0.0410 e. The summed E-state index contributed by atoms with van der Waals surface area (Å²) in [5, 5.41) is 0. The number of rotatable bonds is 4. The minimum Gasteiger partial charge on any atom is -0.345 e. The highest BCUT2D eigenvalue weighted by atomic mass is 15.1. The molecule has 0 aliphatic carbocycles. The summed E-state index contributed by atoms with van der Waals surface area (Å²) in [6, 6.07) is 8.35. The summed E-state index contributed by atoms with van der Waals surface area (Å²) in [5.74, 6) is 0. The van der Waals surface area contributed by atoms with Crippen molar-refractivity contribution in [3.8, 4) is 0 Å². The van der Waals surface area contributed by atoms with Crippen LogP contribution in [0.25, 0.3) is 0 Å². The molecule has 1 aromatic carbocycles. The van der Waals surface area contributed by atoms with E-state index in [1.165, 1.54) is 5.56 Å². The molecule has 1 nitrogen and oxygen atoms in total. The van der Waals surface area contributed by atoms with Gasteiger partial charge in [-0.2, -0.15) is 0 Å². The maximum absolute atomic E-state index is 3.79. The smallest absolute Gasteiger partial charge is 0.0410 e. The first-order valence-electron chi connectivity index (χ1n) is 4.94. The van der Waals surface area contributed by atoms with Gasteiger partial charge in [0.05, 0.1) is 0 Å². The Morgan fingerprint density at radius 3 is 2.60 bits per heavy atom. The van der Waals surface area contributed by atoms with Crippen molar-refractivity contribution in [2.24, 2.45) is 0 Å². The van der Waals surface area contributed by atoms with Crippen LogP contribution in [-0.4, -0.2) is 7.05 Å². The van der Waals surface area contributed by atoms with Gasteiger partial charge in [0.1, 0.15) is 0 Å². The highest BCUT2D eigenvalue weighted by Gasteiger charge is 2.02. The summed E-state index contributed by atoms with van der Waals surface area (Å²) in [6.07, 6.45) is 5.53. The van der Waals surface area contributed by atoms with E-state index in [0.717, 1.165) is 11.4 Å². The van der Waals surface area contributed by atoms with Crippen LogP contribution >= 0.6 is 0 Å². The third-order valence-corrected chi connectivity index (χ3v) is 2.27. The van der Waals surface area contributed by atoms with Gasteiger partial charge in [-0.1, -0.05) is 31.4 Å². The Hall–Kier alpha value is -1.76. The number of likely N-dealkylation sites (N-methyl/N-ethyl adjacent to an activating group) is 1. The predicted octanol–water partition coefficient (Wildman–Crippen LogP) is 3.69. The van der Waals surface area contributed by atoms with E-state index in [2.05, 4.69) is 49.2 Å². The molecule has 78 valence electrons. The first kappa shape index (κ1) is 11.3. The topological polar surface area (TPSA) is 3.24 Å². The van der Waals surface area contributed by atoms with E-state index in [1.54, 1.807) is 6.08 Å². The second-order valence-electron chi connectivity index (χ2n) is 3.43. The molecule has 1 aromatic rings. The second-order valence-corrected chi connectivity index (χ2v) is 3.43. The van der Waals surface area contributed by atoms with Gasteiger partial charge in [0.2, 0.25) is 0 Å². The van der Waals surface area contributed by atoms with Gasteiger partial charge < -0.3 is 4.90 Å². The Labute approximate surface area is 92.0 Å². The van der Waals surface area contributed by atoms with Gasteiger partial charge >= 0.3 is 0 Å². The fourth-order valence-electron chi connectivity index (χ4n) is 1.42. The highest BCUT2D eigenvalue weighted by molar-refractivity contribution is 5.55. The van der Waals surface area contributed by atoms with Crippen LogP contribution in [0.1, 0.15) is 5.56 Å². The molecular weight excluding hydrogens is 182 g/mol. The first-order chi connectivity index (χ1) is 7.19. The van der Waals surface area contributed by atoms with Crippen molar-refractivity contribution >= 4 is 5.69 Å². The zero-order valence-electron chi connectivity index (χ0n) is 9.40. The molecule has 0 spiro atoms. The average molecular weight is 199 g/mol. The van der Waals surface area contributed by atoms with E-state index in [0.29, 0.717) is 0 Å². The van der Waals surface area contributed by atoms with E-state index in [1.807, 2.05) is 19.2 Å². The van der Waals surface area contributed by atoms with Gasteiger partial charge in [-0.05, 0) is 36.8 Å². The Bertz CT molecular complexity index is 388. The van der Waals surface area contributed by atoms with Crippen molar-refractivity contribution in [1.82, 2.24) is 0 Å². The molecule has 1 heteroatoms. The zero-order chi connectivity index (χ0) is 11.3. The number of benzene rings is 1. The van der Waals surface area contributed by atoms with Crippen LogP contribution in [0.15, 0.2) is 61.3 Å². The van der Waals surface area contributed by atoms with Crippen LogP contribution in [0.4, 0.5) is 5.69 Å². The minimum absolute atomic E-state index is 1.04. The first-order valence-corrected chi connectivity index (χ1v) is 4.94. The molecular formula is C14H17N. The zero-order valence-corrected chi connectivity index (χ0v) is 9.40. The average Bonchev–Trinajstić information content (AvgIpc) is 2.25. The maximum atomic E-state index is 3.79. The van der Waals surface area contributed by atoms with E-state index < -0.39 is 0 Å². The number of allylic oxidation sites excluding steroid dienone is 3. The largest absolute Gasteiger partial charge is 0.345 e. The fourth-order valence-corrected chi connectivity index (χ4v) is 1.42. The van der Waals surface area contributed by atoms with Crippen molar-refractivity contribution in [3.05, 3.63) is 66.9 Å². The molecule has 0 saturated carbocycles. The lowest BCUT2D eigenvalue weighted by atomic mass is 10.2. The standard InChI is InChI=1S/C14H17N/c1-5-8-13(6-2)15(4)14-10-7-9-12(3)11-14/h5-11H,1-2H2,3-4H3/b13-8+. The van der Waals surface area contributed by atoms with E-state index in [4.69, 9.17) is 0 Å². The molecule has 0 N–H and O–H groups in total. The molecule has 0 aromatic heterocycles. The van der Waals surface area contributed by atoms with E-state index in [9.17, 15) is 0 Å². The summed E-state index contributed by atoms with van der Waals surface area (Å²) < 4.78 is 0. The van der Waals surface area contributed by atoms with Crippen molar-refractivity contribution in [1.29, 1.82) is 0 Å². The third kappa shape index (κ3) is 2.84. The third-order valence-electron chi connectivity index (χ3n) is 2.27. The summed E-state index contributed by atoms with van der Waals surface area (Å²) in [4.78, 5) is 2.08. The lowest BCUT2D eigenvalue weighted by molar-refractivity contribution is 1.13. The van der Waals surface area contributed by atoms with Crippen LogP contribution in [-0.2, 0) is 0 Å². The van der Waals surface area contributed by atoms with Gasteiger partial charge in [0.25, 0.3) is 0 Å². The van der Waals surface area contributed by atoms with Gasteiger partial charge in [0.15, 0.2) is 0 Å². The number of nitrogens with zero attached hydrogens (tertiary/aromatic N) is 1. The molecule has 0 aliphatic rings. The molecule has 0 radical (unpaired) electrons. The lowest BCUT2D eigenvalue weighted by Crippen LogP contribution is -2.14. The number of anilines is 1. The quantitative estimate of drug-likeness (QED) is 0.668. The number of hydrogen-bond donors (Lipinski definition) is 0. The molecule has 0 heterocycles. The van der Waals surface area contributed by atoms with Crippen molar-refractivity contribution in [2.45, 2.75) is 6.92 Å². The molecule has 0 unspecified atom stereocenters. The Balaban J connectivity index is 3.02. The summed E-state index contributed by atoms with van der Waals surface area (Å²) in [6.45, 7) is 9.57. The molecule has 0 saturated heterocycles.